The summed E-state index contributed by atoms with van der Waals surface area (Å²) in [5, 5.41) is 0. The number of nitrogens with zero attached hydrogens (tertiary/aromatic N) is 2. The molecule has 1 aromatic carbocycles. The van der Waals surface area contributed by atoms with Gasteiger partial charge in [0.2, 0.25) is 5.91 Å². The van der Waals surface area contributed by atoms with E-state index in [9.17, 15) is 4.79 Å². The highest BCUT2D eigenvalue weighted by Crippen LogP contribution is 2.35. The van der Waals surface area contributed by atoms with Crippen molar-refractivity contribution < 1.29 is 14.3 Å². The Labute approximate surface area is 174 Å². The highest BCUT2D eigenvalue weighted by Gasteiger charge is 2.39. The van der Waals surface area contributed by atoms with Crippen molar-refractivity contribution in [1.29, 1.82) is 0 Å². The summed E-state index contributed by atoms with van der Waals surface area (Å²) in [5.74, 6) is 1.66. The van der Waals surface area contributed by atoms with E-state index in [-0.39, 0.29) is 11.5 Å². The molecule has 5 heteroatoms. The quantitative estimate of drug-likeness (QED) is 0.783. The zero-order chi connectivity index (χ0) is 19.7. The smallest absolute Gasteiger partial charge is 0.225 e. The molecule has 0 radical (unpaired) electrons. The molecule has 3 saturated heterocycles. The number of likely N-dealkylation sites (tertiary alicyclic amines) is 2. The number of hydrogen-bond donors (Lipinski definition) is 0. The Hall–Kier alpha value is -1.59. The molecule has 0 N–H and O–H groups in total. The average molecular weight is 399 g/mol. The summed E-state index contributed by atoms with van der Waals surface area (Å²) >= 11 is 0. The van der Waals surface area contributed by atoms with Crippen molar-refractivity contribution in [3.05, 3.63) is 29.3 Å². The SMILES string of the molecule is O=C(C1CCN(Cc2ccc3c(c2)CCO3)CC1)N1CCC2(CCCCO2)CC1. The van der Waals surface area contributed by atoms with Gasteiger partial charge in [0.15, 0.2) is 0 Å². The van der Waals surface area contributed by atoms with E-state index in [2.05, 4.69) is 28.0 Å². The number of rotatable bonds is 3. The van der Waals surface area contributed by atoms with Gasteiger partial charge >= 0.3 is 0 Å². The van der Waals surface area contributed by atoms with Crippen LogP contribution in [0.5, 0.6) is 5.75 Å². The molecule has 0 atom stereocenters. The maximum absolute atomic E-state index is 13.1. The molecule has 3 fully saturated rings. The number of carbonyl (C=O) groups is 1. The Balaban J connectivity index is 1.10. The lowest BCUT2D eigenvalue weighted by molar-refractivity contribution is -0.147. The molecule has 4 aliphatic heterocycles. The Morgan fingerprint density at radius 2 is 1.86 bits per heavy atom. The third-order valence-corrected chi connectivity index (χ3v) is 7.52. The summed E-state index contributed by atoms with van der Waals surface area (Å²) in [6.07, 6.45) is 8.73. The van der Waals surface area contributed by atoms with Crippen molar-refractivity contribution in [2.45, 2.75) is 63.5 Å². The summed E-state index contributed by atoms with van der Waals surface area (Å²) in [6.45, 7) is 6.51. The minimum Gasteiger partial charge on any atom is -0.493 e. The fourth-order valence-corrected chi connectivity index (χ4v) is 5.63. The van der Waals surface area contributed by atoms with Crippen molar-refractivity contribution in [1.82, 2.24) is 9.80 Å². The van der Waals surface area contributed by atoms with Crippen molar-refractivity contribution in [2.24, 2.45) is 5.92 Å². The van der Waals surface area contributed by atoms with Crippen molar-refractivity contribution >= 4 is 5.91 Å². The summed E-state index contributed by atoms with van der Waals surface area (Å²) in [5.41, 5.74) is 2.80. The van der Waals surface area contributed by atoms with E-state index in [1.165, 1.54) is 30.4 Å². The van der Waals surface area contributed by atoms with Crippen LogP contribution >= 0.6 is 0 Å². The zero-order valence-corrected chi connectivity index (χ0v) is 17.5. The number of benzene rings is 1. The molecule has 1 aromatic rings. The minimum atomic E-state index is 0.0826. The Morgan fingerprint density at radius 1 is 1.03 bits per heavy atom. The monoisotopic (exact) mass is 398 g/mol. The van der Waals surface area contributed by atoms with Crippen LogP contribution in [0.1, 0.15) is 56.1 Å². The number of piperidine rings is 2. The predicted octanol–water partition coefficient (Wildman–Crippen LogP) is 3.40. The second kappa shape index (κ2) is 8.27. The van der Waals surface area contributed by atoms with E-state index in [0.717, 1.165) is 83.8 Å². The molecular formula is C24H34N2O3. The van der Waals surface area contributed by atoms with E-state index >= 15 is 0 Å². The summed E-state index contributed by atoms with van der Waals surface area (Å²) < 4.78 is 11.7. The summed E-state index contributed by atoms with van der Waals surface area (Å²) in [7, 11) is 0. The Kier molecular flexibility index (Phi) is 5.53. The second-order valence-electron chi connectivity index (χ2n) is 9.40. The fraction of sp³-hybridized carbons (Fsp3) is 0.708. The highest BCUT2D eigenvalue weighted by atomic mass is 16.5. The van der Waals surface area contributed by atoms with Gasteiger partial charge in [-0.3, -0.25) is 9.69 Å². The number of hydrogen-bond acceptors (Lipinski definition) is 4. The molecule has 4 aliphatic rings. The Bertz CT molecular complexity index is 726. The molecule has 158 valence electrons. The standard InChI is InChI=1S/C24H34N2O3/c27-23(26-13-9-24(10-14-26)8-1-2-15-29-24)20-5-11-25(12-6-20)18-19-3-4-22-21(17-19)7-16-28-22/h3-4,17,20H,1-2,5-16,18H2. The van der Waals surface area contributed by atoms with Gasteiger partial charge in [-0.2, -0.15) is 0 Å². The molecule has 0 aliphatic carbocycles. The number of amides is 1. The van der Waals surface area contributed by atoms with Crippen LogP contribution < -0.4 is 4.74 Å². The first kappa shape index (κ1) is 19.4. The first-order chi connectivity index (χ1) is 14.2. The van der Waals surface area contributed by atoms with E-state index in [1.54, 1.807) is 0 Å². The van der Waals surface area contributed by atoms with E-state index in [4.69, 9.17) is 9.47 Å². The van der Waals surface area contributed by atoms with Crippen LogP contribution in [0.2, 0.25) is 0 Å². The first-order valence-corrected chi connectivity index (χ1v) is 11.6. The number of ether oxygens (including phenoxy) is 2. The molecule has 0 bridgehead atoms. The van der Waals surface area contributed by atoms with Crippen LogP contribution in [-0.4, -0.2) is 60.7 Å². The van der Waals surface area contributed by atoms with Gasteiger partial charge in [0, 0.05) is 38.6 Å². The van der Waals surface area contributed by atoms with Gasteiger partial charge in [0.25, 0.3) is 0 Å². The zero-order valence-electron chi connectivity index (χ0n) is 17.5. The van der Waals surface area contributed by atoms with Gasteiger partial charge in [0.05, 0.1) is 12.2 Å². The van der Waals surface area contributed by atoms with Gasteiger partial charge in [-0.1, -0.05) is 12.1 Å². The summed E-state index contributed by atoms with van der Waals surface area (Å²) in [4.78, 5) is 17.7. The maximum atomic E-state index is 13.1. The third kappa shape index (κ3) is 4.17. The number of fused-ring (bicyclic) bond motifs is 1. The van der Waals surface area contributed by atoms with Crippen molar-refractivity contribution in [3.8, 4) is 5.75 Å². The van der Waals surface area contributed by atoms with E-state index in [0.29, 0.717) is 5.91 Å². The molecule has 4 heterocycles. The van der Waals surface area contributed by atoms with Crippen LogP contribution in [0.15, 0.2) is 18.2 Å². The molecule has 5 nitrogen and oxygen atoms in total. The van der Waals surface area contributed by atoms with Gasteiger partial charge in [0.1, 0.15) is 5.75 Å². The molecule has 1 spiro atoms. The maximum Gasteiger partial charge on any atom is 0.225 e. The van der Waals surface area contributed by atoms with Gasteiger partial charge < -0.3 is 14.4 Å². The topological polar surface area (TPSA) is 42.0 Å². The largest absolute Gasteiger partial charge is 0.493 e. The molecule has 5 rings (SSSR count). The molecule has 0 aromatic heterocycles. The van der Waals surface area contributed by atoms with Gasteiger partial charge in [-0.05, 0) is 75.2 Å². The minimum absolute atomic E-state index is 0.0826. The van der Waals surface area contributed by atoms with Crippen LogP contribution in [0.3, 0.4) is 0 Å². The number of carbonyl (C=O) groups excluding carboxylic acids is 1. The fourth-order valence-electron chi connectivity index (χ4n) is 5.63. The van der Waals surface area contributed by atoms with E-state index < -0.39 is 0 Å². The average Bonchev–Trinajstić information content (AvgIpc) is 3.23. The highest BCUT2D eigenvalue weighted by molar-refractivity contribution is 5.79. The van der Waals surface area contributed by atoms with Crippen LogP contribution in [0.25, 0.3) is 0 Å². The van der Waals surface area contributed by atoms with E-state index in [1.807, 2.05) is 0 Å². The third-order valence-electron chi connectivity index (χ3n) is 7.52. The lowest BCUT2D eigenvalue weighted by atomic mass is 9.84. The second-order valence-corrected chi connectivity index (χ2v) is 9.40. The molecule has 1 amide bonds. The lowest BCUT2D eigenvalue weighted by Crippen LogP contribution is -2.51. The van der Waals surface area contributed by atoms with Crippen LogP contribution in [-0.2, 0) is 22.5 Å². The molecular weight excluding hydrogens is 364 g/mol. The predicted molar refractivity (Wildman–Crippen MR) is 112 cm³/mol. The normalized spacial score (nSPS) is 25.0. The van der Waals surface area contributed by atoms with Crippen LogP contribution in [0.4, 0.5) is 0 Å². The van der Waals surface area contributed by atoms with Gasteiger partial charge in [-0.25, -0.2) is 0 Å². The van der Waals surface area contributed by atoms with Crippen molar-refractivity contribution in [2.75, 3.05) is 39.4 Å². The molecule has 0 unspecified atom stereocenters. The Morgan fingerprint density at radius 3 is 2.62 bits per heavy atom. The van der Waals surface area contributed by atoms with Crippen molar-refractivity contribution in [3.63, 3.8) is 0 Å². The lowest BCUT2D eigenvalue weighted by Gasteiger charge is -2.45. The molecule has 0 saturated carbocycles. The van der Waals surface area contributed by atoms with Crippen LogP contribution in [0, 0.1) is 5.92 Å². The first-order valence-electron chi connectivity index (χ1n) is 11.6. The van der Waals surface area contributed by atoms with Gasteiger partial charge in [-0.15, -0.1) is 0 Å². The summed E-state index contributed by atoms with van der Waals surface area (Å²) in [6, 6.07) is 6.61. The molecule has 29 heavy (non-hydrogen) atoms.